The number of hydrogen-bond donors (Lipinski definition) is 1. The molecule has 0 unspecified atom stereocenters. The molecule has 134 valence electrons. The van der Waals surface area contributed by atoms with Crippen LogP contribution in [0.1, 0.15) is 16.1 Å². The van der Waals surface area contributed by atoms with Crippen molar-refractivity contribution in [3.8, 4) is 5.69 Å². The number of aromatic nitrogens is 2. The molecule has 0 bridgehead atoms. The Balaban J connectivity index is 2.04. The number of hydrogen-bond acceptors (Lipinski definition) is 2. The lowest BCUT2D eigenvalue weighted by molar-refractivity contribution is -0.143. The number of amides is 1. The summed E-state index contributed by atoms with van der Waals surface area (Å²) in [4.78, 5) is 12.3. The molecule has 1 N–H and O–H groups in total. The summed E-state index contributed by atoms with van der Waals surface area (Å²) in [5, 5.41) is 6.16. The van der Waals surface area contributed by atoms with Crippen molar-refractivity contribution in [1.29, 1.82) is 0 Å². The van der Waals surface area contributed by atoms with Crippen LogP contribution >= 0.6 is 11.6 Å². The van der Waals surface area contributed by atoms with Crippen molar-refractivity contribution in [1.82, 2.24) is 9.78 Å². The first-order valence-electron chi connectivity index (χ1n) is 7.24. The minimum Gasteiger partial charge on any atom is -0.321 e. The second kappa shape index (κ2) is 6.80. The summed E-state index contributed by atoms with van der Waals surface area (Å²) in [6, 6.07) is 10.4. The summed E-state index contributed by atoms with van der Waals surface area (Å²) in [6.45, 7) is 0. The van der Waals surface area contributed by atoms with E-state index in [0.717, 1.165) is 30.5 Å². The summed E-state index contributed by atoms with van der Waals surface area (Å²) in [6.07, 6.45) is -4.06. The second-order valence-electron chi connectivity index (χ2n) is 5.23. The van der Waals surface area contributed by atoms with Crippen molar-refractivity contribution in [2.24, 2.45) is 0 Å². The fourth-order valence-corrected chi connectivity index (χ4v) is 2.50. The fraction of sp³-hybridized carbons (Fsp3) is 0.0588. The topological polar surface area (TPSA) is 46.9 Å². The van der Waals surface area contributed by atoms with Crippen LogP contribution in [0.25, 0.3) is 5.69 Å². The van der Waals surface area contributed by atoms with Crippen LogP contribution in [0, 0.1) is 5.82 Å². The number of rotatable bonds is 3. The fourth-order valence-electron chi connectivity index (χ4n) is 2.32. The lowest BCUT2D eigenvalue weighted by atomic mass is 10.2. The lowest BCUT2D eigenvalue weighted by Gasteiger charge is -2.13. The third-order valence-corrected chi connectivity index (χ3v) is 3.81. The number of nitrogens with one attached hydrogen (secondary N) is 1. The van der Waals surface area contributed by atoms with Gasteiger partial charge in [0.05, 0.1) is 28.2 Å². The highest BCUT2D eigenvalue weighted by Gasteiger charge is 2.40. The maximum atomic E-state index is 13.5. The van der Waals surface area contributed by atoms with Gasteiger partial charge in [-0.15, -0.1) is 0 Å². The molecule has 2 aromatic carbocycles. The number of benzene rings is 2. The molecule has 0 saturated heterocycles. The molecule has 0 spiro atoms. The predicted molar refractivity (Wildman–Crippen MR) is 87.9 cm³/mol. The zero-order valence-electron chi connectivity index (χ0n) is 12.9. The maximum Gasteiger partial charge on any atom is 0.434 e. The standard InChI is InChI=1S/C17H10ClF4N3O/c18-13-3-1-2-4-14(13)24-16(26)12-9-23-25(15(12)17(20,21)22)11-7-5-10(19)6-8-11/h1-9H,(H,24,26). The SMILES string of the molecule is O=C(Nc1ccccc1Cl)c1cnn(-c2ccc(F)cc2)c1C(F)(F)F. The molecule has 0 saturated carbocycles. The van der Waals surface area contributed by atoms with E-state index in [-0.39, 0.29) is 16.4 Å². The molecule has 1 aromatic heterocycles. The second-order valence-corrected chi connectivity index (χ2v) is 5.63. The van der Waals surface area contributed by atoms with Crippen molar-refractivity contribution in [2.45, 2.75) is 6.18 Å². The molecular weight excluding hydrogens is 374 g/mol. The number of carbonyl (C=O) groups excluding carboxylic acids is 1. The van der Waals surface area contributed by atoms with Gasteiger partial charge < -0.3 is 5.32 Å². The molecule has 1 amide bonds. The van der Waals surface area contributed by atoms with Gasteiger partial charge in [0.1, 0.15) is 5.82 Å². The van der Waals surface area contributed by atoms with Crippen LogP contribution in [0.4, 0.5) is 23.2 Å². The van der Waals surface area contributed by atoms with Crippen molar-refractivity contribution < 1.29 is 22.4 Å². The number of alkyl halides is 3. The third kappa shape index (κ3) is 3.55. The van der Waals surface area contributed by atoms with Gasteiger partial charge in [0.25, 0.3) is 5.91 Å². The summed E-state index contributed by atoms with van der Waals surface area (Å²) in [5.41, 5.74) is -1.81. The number of para-hydroxylation sites is 1. The zero-order chi connectivity index (χ0) is 18.9. The highest BCUT2D eigenvalue weighted by atomic mass is 35.5. The average molecular weight is 384 g/mol. The van der Waals surface area contributed by atoms with Gasteiger partial charge >= 0.3 is 6.18 Å². The van der Waals surface area contributed by atoms with Gasteiger partial charge in [-0.25, -0.2) is 9.07 Å². The quantitative estimate of drug-likeness (QED) is 0.651. The molecule has 0 fully saturated rings. The van der Waals surface area contributed by atoms with Crippen molar-refractivity contribution >= 4 is 23.2 Å². The summed E-state index contributed by atoms with van der Waals surface area (Å²) in [5.74, 6) is -1.62. The molecule has 4 nitrogen and oxygen atoms in total. The van der Waals surface area contributed by atoms with Crippen LogP contribution in [-0.4, -0.2) is 15.7 Å². The van der Waals surface area contributed by atoms with Gasteiger partial charge in [-0.3, -0.25) is 4.79 Å². The minimum atomic E-state index is -4.86. The summed E-state index contributed by atoms with van der Waals surface area (Å²) >= 11 is 5.91. The Bertz CT molecular complexity index is 951. The van der Waals surface area contributed by atoms with Crippen LogP contribution < -0.4 is 5.32 Å². The molecule has 0 radical (unpaired) electrons. The number of nitrogens with zero attached hydrogens (tertiary/aromatic N) is 2. The number of carbonyl (C=O) groups is 1. The zero-order valence-corrected chi connectivity index (χ0v) is 13.6. The van der Waals surface area contributed by atoms with Gasteiger partial charge in [0, 0.05) is 0 Å². The molecule has 0 atom stereocenters. The number of anilines is 1. The molecule has 1 heterocycles. The minimum absolute atomic E-state index is 0.0319. The van der Waals surface area contributed by atoms with Crippen molar-refractivity contribution in [3.05, 3.63) is 76.8 Å². The predicted octanol–water partition coefficient (Wildman–Crippen LogP) is 4.94. The largest absolute Gasteiger partial charge is 0.434 e. The van der Waals surface area contributed by atoms with E-state index in [1.54, 1.807) is 12.1 Å². The third-order valence-electron chi connectivity index (χ3n) is 3.48. The monoisotopic (exact) mass is 383 g/mol. The van der Waals surface area contributed by atoms with E-state index < -0.39 is 29.2 Å². The Kier molecular flexibility index (Phi) is 4.69. The van der Waals surface area contributed by atoms with Crippen LogP contribution in [0.15, 0.2) is 54.7 Å². The van der Waals surface area contributed by atoms with Crippen molar-refractivity contribution in [3.63, 3.8) is 0 Å². The van der Waals surface area contributed by atoms with Gasteiger partial charge in [-0.05, 0) is 36.4 Å². The van der Waals surface area contributed by atoms with Crippen LogP contribution in [0.2, 0.25) is 5.02 Å². The first-order valence-corrected chi connectivity index (χ1v) is 7.62. The molecule has 0 aliphatic rings. The molecule has 9 heteroatoms. The highest BCUT2D eigenvalue weighted by molar-refractivity contribution is 6.33. The van der Waals surface area contributed by atoms with Crippen LogP contribution in [0.3, 0.4) is 0 Å². The van der Waals surface area contributed by atoms with Gasteiger partial charge in [0.15, 0.2) is 5.69 Å². The Morgan fingerprint density at radius 2 is 1.73 bits per heavy atom. The maximum absolute atomic E-state index is 13.5. The smallest absolute Gasteiger partial charge is 0.321 e. The number of halogens is 5. The normalized spacial score (nSPS) is 11.4. The molecule has 0 aliphatic heterocycles. The Labute approximate surface area is 150 Å². The van der Waals surface area contributed by atoms with E-state index in [4.69, 9.17) is 11.6 Å². The Hall–Kier alpha value is -2.87. The molecule has 0 aliphatic carbocycles. The van der Waals surface area contributed by atoms with E-state index >= 15 is 0 Å². The molecule has 26 heavy (non-hydrogen) atoms. The van der Waals surface area contributed by atoms with Gasteiger partial charge in [-0.1, -0.05) is 23.7 Å². The van der Waals surface area contributed by atoms with E-state index in [0.29, 0.717) is 4.68 Å². The van der Waals surface area contributed by atoms with E-state index in [2.05, 4.69) is 10.4 Å². The summed E-state index contributed by atoms with van der Waals surface area (Å²) < 4.78 is 54.2. The average Bonchev–Trinajstić information content (AvgIpc) is 3.03. The van der Waals surface area contributed by atoms with E-state index in [9.17, 15) is 22.4 Å². The lowest BCUT2D eigenvalue weighted by Crippen LogP contribution is -2.20. The first-order chi connectivity index (χ1) is 12.3. The Morgan fingerprint density at radius 3 is 2.35 bits per heavy atom. The molecular formula is C17H10ClF4N3O. The first kappa shape index (κ1) is 17.9. The van der Waals surface area contributed by atoms with Gasteiger partial charge in [0.2, 0.25) is 0 Å². The van der Waals surface area contributed by atoms with Gasteiger partial charge in [-0.2, -0.15) is 18.3 Å². The van der Waals surface area contributed by atoms with E-state index in [1.807, 2.05) is 0 Å². The van der Waals surface area contributed by atoms with E-state index in [1.165, 1.54) is 12.1 Å². The Morgan fingerprint density at radius 1 is 1.08 bits per heavy atom. The molecule has 3 aromatic rings. The summed E-state index contributed by atoms with van der Waals surface area (Å²) in [7, 11) is 0. The van der Waals surface area contributed by atoms with Crippen LogP contribution in [0.5, 0.6) is 0 Å². The molecule has 3 rings (SSSR count). The van der Waals surface area contributed by atoms with Crippen molar-refractivity contribution in [2.75, 3.05) is 5.32 Å². The highest BCUT2D eigenvalue weighted by Crippen LogP contribution is 2.34. The van der Waals surface area contributed by atoms with Crippen LogP contribution in [-0.2, 0) is 6.18 Å².